The average molecular weight is 285 g/mol. The highest BCUT2D eigenvalue weighted by Crippen LogP contribution is 2.16. The van der Waals surface area contributed by atoms with E-state index in [2.05, 4.69) is 19.9 Å². The third-order valence-corrected chi connectivity index (χ3v) is 3.01. The number of halogens is 1. The van der Waals surface area contributed by atoms with Gasteiger partial charge in [-0.25, -0.2) is 4.98 Å². The largest absolute Gasteiger partial charge is 0.347 e. The van der Waals surface area contributed by atoms with Crippen LogP contribution in [0, 0.1) is 0 Å². The number of hydrogen-bond acceptors (Lipinski definition) is 7. The van der Waals surface area contributed by atoms with Gasteiger partial charge in [0.25, 0.3) is 0 Å². The number of aromatic nitrogens is 4. The topological polar surface area (TPSA) is 58.0 Å². The van der Waals surface area contributed by atoms with Gasteiger partial charge in [-0.1, -0.05) is 0 Å². The summed E-state index contributed by atoms with van der Waals surface area (Å²) in [6.45, 7) is 0.636. The Morgan fingerprint density at radius 1 is 1.17 bits per heavy atom. The quantitative estimate of drug-likeness (QED) is 0.851. The average Bonchev–Trinajstić information content (AvgIpc) is 2.80. The van der Waals surface area contributed by atoms with Crippen molar-refractivity contribution in [2.24, 2.45) is 0 Å². The SMILES string of the molecule is CN(C)c1nc(Cl)nc(N(C)Cc2cscn2)n1. The van der Waals surface area contributed by atoms with E-state index < -0.39 is 0 Å². The molecule has 0 atom stereocenters. The molecule has 18 heavy (non-hydrogen) atoms. The van der Waals surface area contributed by atoms with Crippen LogP contribution in [0.3, 0.4) is 0 Å². The molecule has 0 fully saturated rings. The van der Waals surface area contributed by atoms with Crippen molar-refractivity contribution >= 4 is 34.8 Å². The van der Waals surface area contributed by atoms with E-state index in [0.29, 0.717) is 18.4 Å². The van der Waals surface area contributed by atoms with Crippen LogP contribution in [-0.2, 0) is 6.54 Å². The molecule has 2 aromatic heterocycles. The first-order chi connectivity index (χ1) is 8.56. The fourth-order valence-electron chi connectivity index (χ4n) is 1.33. The molecule has 8 heteroatoms. The van der Waals surface area contributed by atoms with Gasteiger partial charge in [0.15, 0.2) is 0 Å². The Bertz CT molecular complexity index is 515. The highest BCUT2D eigenvalue weighted by atomic mass is 35.5. The van der Waals surface area contributed by atoms with Crippen LogP contribution in [0.25, 0.3) is 0 Å². The second-order valence-electron chi connectivity index (χ2n) is 3.93. The number of nitrogens with zero attached hydrogens (tertiary/aromatic N) is 6. The van der Waals surface area contributed by atoms with E-state index in [1.807, 2.05) is 31.4 Å². The van der Waals surface area contributed by atoms with Crippen molar-refractivity contribution in [3.8, 4) is 0 Å². The molecular weight excluding hydrogens is 272 g/mol. The fraction of sp³-hybridized carbons (Fsp3) is 0.400. The molecule has 0 N–H and O–H groups in total. The van der Waals surface area contributed by atoms with Crippen molar-refractivity contribution in [2.75, 3.05) is 30.9 Å². The van der Waals surface area contributed by atoms with Gasteiger partial charge in [0.05, 0.1) is 17.7 Å². The zero-order valence-corrected chi connectivity index (χ0v) is 11.9. The number of thiazole rings is 1. The molecule has 0 amide bonds. The van der Waals surface area contributed by atoms with E-state index in [1.54, 1.807) is 21.7 Å². The van der Waals surface area contributed by atoms with Crippen LogP contribution >= 0.6 is 22.9 Å². The van der Waals surface area contributed by atoms with Crippen LogP contribution in [0.1, 0.15) is 5.69 Å². The summed E-state index contributed by atoms with van der Waals surface area (Å²) in [7, 11) is 5.61. The van der Waals surface area contributed by atoms with E-state index in [9.17, 15) is 0 Å². The molecule has 0 saturated heterocycles. The van der Waals surface area contributed by atoms with Crippen LogP contribution in [0.5, 0.6) is 0 Å². The minimum absolute atomic E-state index is 0.189. The highest BCUT2D eigenvalue weighted by Gasteiger charge is 2.11. The van der Waals surface area contributed by atoms with E-state index >= 15 is 0 Å². The van der Waals surface area contributed by atoms with E-state index in [0.717, 1.165) is 5.69 Å². The van der Waals surface area contributed by atoms with Gasteiger partial charge in [0.2, 0.25) is 17.2 Å². The molecule has 0 unspecified atom stereocenters. The first-order valence-electron chi connectivity index (χ1n) is 5.23. The van der Waals surface area contributed by atoms with Gasteiger partial charge in [-0.05, 0) is 11.6 Å². The Balaban J connectivity index is 2.21. The Hall–Kier alpha value is -1.47. The molecule has 0 aliphatic heterocycles. The van der Waals surface area contributed by atoms with Crippen molar-refractivity contribution in [3.05, 3.63) is 21.9 Å². The van der Waals surface area contributed by atoms with Crippen molar-refractivity contribution < 1.29 is 0 Å². The van der Waals surface area contributed by atoms with Gasteiger partial charge < -0.3 is 9.80 Å². The van der Waals surface area contributed by atoms with Crippen LogP contribution in [-0.4, -0.2) is 41.1 Å². The van der Waals surface area contributed by atoms with Gasteiger partial charge in [-0.2, -0.15) is 15.0 Å². The summed E-state index contributed by atoms with van der Waals surface area (Å²) in [6, 6.07) is 0. The standard InChI is InChI=1S/C10H13ClN6S/c1-16(2)9-13-8(11)14-10(15-9)17(3)4-7-5-18-6-12-7/h5-6H,4H2,1-3H3. The Morgan fingerprint density at radius 3 is 2.50 bits per heavy atom. The van der Waals surface area contributed by atoms with Gasteiger partial charge in [-0.15, -0.1) is 11.3 Å². The molecule has 0 spiro atoms. The monoisotopic (exact) mass is 284 g/mol. The third-order valence-electron chi connectivity index (χ3n) is 2.21. The predicted molar refractivity (Wildman–Crippen MR) is 73.4 cm³/mol. The maximum absolute atomic E-state index is 5.89. The highest BCUT2D eigenvalue weighted by molar-refractivity contribution is 7.07. The van der Waals surface area contributed by atoms with Gasteiger partial charge in [0.1, 0.15) is 0 Å². The minimum atomic E-state index is 0.189. The summed E-state index contributed by atoms with van der Waals surface area (Å²) < 4.78 is 0. The van der Waals surface area contributed by atoms with Crippen LogP contribution < -0.4 is 9.80 Å². The second kappa shape index (κ2) is 5.45. The molecule has 0 aromatic carbocycles. The van der Waals surface area contributed by atoms with E-state index in [1.165, 1.54) is 0 Å². The third kappa shape index (κ3) is 3.05. The van der Waals surface area contributed by atoms with Crippen LogP contribution in [0.4, 0.5) is 11.9 Å². The summed E-state index contributed by atoms with van der Waals surface area (Å²) in [6.07, 6.45) is 0. The molecule has 2 heterocycles. The Labute approximate surface area is 114 Å². The second-order valence-corrected chi connectivity index (χ2v) is 4.99. The molecule has 0 aliphatic carbocycles. The lowest BCUT2D eigenvalue weighted by molar-refractivity contribution is 0.828. The lowest BCUT2D eigenvalue weighted by Gasteiger charge is -2.18. The summed E-state index contributed by atoms with van der Waals surface area (Å²) in [5.74, 6) is 1.07. The van der Waals surface area contributed by atoms with Gasteiger partial charge in [0, 0.05) is 26.5 Å². The van der Waals surface area contributed by atoms with E-state index in [-0.39, 0.29) is 5.28 Å². The minimum Gasteiger partial charge on any atom is -0.347 e. The first kappa shape index (κ1) is 13.0. The molecule has 0 radical (unpaired) electrons. The zero-order chi connectivity index (χ0) is 13.1. The van der Waals surface area contributed by atoms with Crippen molar-refractivity contribution in [2.45, 2.75) is 6.54 Å². The van der Waals surface area contributed by atoms with Crippen LogP contribution in [0.2, 0.25) is 5.28 Å². The van der Waals surface area contributed by atoms with Crippen LogP contribution in [0.15, 0.2) is 10.9 Å². The molecule has 0 aliphatic rings. The van der Waals surface area contributed by atoms with Crippen molar-refractivity contribution in [1.29, 1.82) is 0 Å². The summed E-state index contributed by atoms with van der Waals surface area (Å²) in [4.78, 5) is 20.4. The van der Waals surface area contributed by atoms with Gasteiger partial charge in [-0.3, -0.25) is 0 Å². The molecule has 2 aromatic rings. The molecular formula is C10H13ClN6S. The summed E-state index contributed by atoms with van der Waals surface area (Å²) in [5.41, 5.74) is 2.78. The normalized spacial score (nSPS) is 10.4. The number of anilines is 2. The maximum Gasteiger partial charge on any atom is 0.231 e. The summed E-state index contributed by atoms with van der Waals surface area (Å²) in [5, 5.41) is 2.18. The Morgan fingerprint density at radius 2 is 1.89 bits per heavy atom. The smallest absolute Gasteiger partial charge is 0.231 e. The maximum atomic E-state index is 5.89. The molecule has 96 valence electrons. The fourth-order valence-corrected chi connectivity index (χ4v) is 2.03. The molecule has 0 saturated carbocycles. The molecule has 6 nitrogen and oxygen atoms in total. The lowest BCUT2D eigenvalue weighted by Crippen LogP contribution is -2.22. The van der Waals surface area contributed by atoms with Crippen molar-refractivity contribution in [3.63, 3.8) is 0 Å². The zero-order valence-electron chi connectivity index (χ0n) is 10.3. The van der Waals surface area contributed by atoms with Gasteiger partial charge >= 0.3 is 0 Å². The molecule has 2 rings (SSSR count). The first-order valence-corrected chi connectivity index (χ1v) is 6.55. The van der Waals surface area contributed by atoms with E-state index in [4.69, 9.17) is 11.6 Å². The number of hydrogen-bond donors (Lipinski definition) is 0. The predicted octanol–water partition coefficient (Wildman–Crippen LogP) is 1.68. The van der Waals surface area contributed by atoms with Crippen molar-refractivity contribution in [1.82, 2.24) is 19.9 Å². The summed E-state index contributed by atoms with van der Waals surface area (Å²) >= 11 is 7.45. The number of rotatable bonds is 4. The molecule has 0 bridgehead atoms. The Kier molecular flexibility index (Phi) is 3.93. The lowest BCUT2D eigenvalue weighted by atomic mass is 10.4.